The van der Waals surface area contributed by atoms with Crippen LogP contribution in [0.4, 0.5) is 0 Å². The van der Waals surface area contributed by atoms with Crippen LogP contribution in [-0.4, -0.2) is 22.2 Å². The van der Waals surface area contributed by atoms with Crippen molar-refractivity contribution in [1.29, 1.82) is 0 Å². The van der Waals surface area contributed by atoms with Gasteiger partial charge in [0, 0.05) is 12.5 Å². The van der Waals surface area contributed by atoms with Crippen molar-refractivity contribution < 1.29 is 19.8 Å². The molecule has 0 bridgehead atoms. The van der Waals surface area contributed by atoms with Crippen LogP contribution in [0.15, 0.2) is 12.2 Å². The largest absolute Gasteiger partial charge is 0.481 e. The third kappa shape index (κ3) is 43.7. The summed E-state index contributed by atoms with van der Waals surface area (Å²) in [6, 6.07) is 0. The van der Waals surface area contributed by atoms with Gasteiger partial charge in [0.05, 0.1) is 0 Å². The molecule has 0 heterocycles. The van der Waals surface area contributed by atoms with Gasteiger partial charge in [0.25, 0.3) is 0 Å². The quantitative estimate of drug-likeness (QED) is 0.0646. The maximum Gasteiger partial charge on any atom is 0.327 e. The third-order valence-electron chi connectivity index (χ3n) is 7.73. The summed E-state index contributed by atoms with van der Waals surface area (Å²) in [5.74, 6) is -1.49. The number of rotatable bonds is 31. The van der Waals surface area contributed by atoms with E-state index in [1.165, 1.54) is 167 Å². The van der Waals surface area contributed by atoms with Crippen LogP contribution >= 0.6 is 0 Å². The van der Waals surface area contributed by atoms with E-state index in [0.29, 0.717) is 6.42 Å². The third-order valence-corrected chi connectivity index (χ3v) is 7.73. The smallest absolute Gasteiger partial charge is 0.327 e. The lowest BCUT2D eigenvalue weighted by Crippen LogP contribution is -1.93. The first kappa shape index (κ1) is 40.8. The highest BCUT2D eigenvalue weighted by molar-refractivity contribution is 5.79. The second kappa shape index (κ2) is 37.7. The van der Waals surface area contributed by atoms with Crippen LogP contribution in [0, 0.1) is 0 Å². The number of hydrogen-bond donors (Lipinski definition) is 2. The van der Waals surface area contributed by atoms with Crippen LogP contribution < -0.4 is 0 Å². The molecule has 0 aliphatic rings. The normalized spacial score (nSPS) is 11.1. The maximum absolute atomic E-state index is 10.3. The van der Waals surface area contributed by atoms with Crippen molar-refractivity contribution >= 4 is 11.9 Å². The van der Waals surface area contributed by atoms with E-state index in [-0.39, 0.29) is 0 Å². The Hall–Kier alpha value is -1.32. The van der Waals surface area contributed by atoms with Crippen LogP contribution in [0.1, 0.15) is 206 Å². The van der Waals surface area contributed by atoms with Gasteiger partial charge in [0.15, 0.2) is 0 Å². The second-order valence-corrected chi connectivity index (χ2v) is 11.9. The van der Waals surface area contributed by atoms with Gasteiger partial charge in [-0.25, -0.2) is 4.79 Å². The molecule has 4 nitrogen and oxygen atoms in total. The molecule has 0 saturated carbocycles. The lowest BCUT2D eigenvalue weighted by Gasteiger charge is -2.03. The molecule has 0 fully saturated rings. The van der Waals surface area contributed by atoms with Crippen molar-refractivity contribution in [1.82, 2.24) is 0 Å². The molecule has 0 rings (SSSR count). The van der Waals surface area contributed by atoms with E-state index < -0.39 is 11.9 Å². The molecule has 0 radical (unpaired) electrons. The zero-order valence-electron chi connectivity index (χ0n) is 27.1. The van der Waals surface area contributed by atoms with Crippen molar-refractivity contribution in [2.45, 2.75) is 206 Å². The summed E-state index contributed by atoms with van der Waals surface area (Å²) in [6.45, 7) is 4.54. The van der Waals surface area contributed by atoms with Gasteiger partial charge in [0.2, 0.25) is 0 Å². The lowest BCUT2D eigenvalue weighted by atomic mass is 10.0. The second-order valence-electron chi connectivity index (χ2n) is 11.9. The number of carboxylic acids is 2. The average Bonchev–Trinajstić information content (AvgIpc) is 2.93. The van der Waals surface area contributed by atoms with Crippen molar-refractivity contribution in [3.63, 3.8) is 0 Å². The van der Waals surface area contributed by atoms with Gasteiger partial charge < -0.3 is 10.2 Å². The van der Waals surface area contributed by atoms with E-state index >= 15 is 0 Å². The van der Waals surface area contributed by atoms with E-state index in [1.54, 1.807) is 6.08 Å². The molecule has 0 amide bonds. The minimum atomic E-state index is -0.834. The predicted molar refractivity (Wildman–Crippen MR) is 174 cm³/mol. The van der Waals surface area contributed by atoms with Crippen LogP contribution in [0.3, 0.4) is 0 Å². The molecule has 0 spiro atoms. The number of aliphatic carboxylic acids is 2. The fourth-order valence-electron chi connectivity index (χ4n) is 5.11. The highest BCUT2D eigenvalue weighted by atomic mass is 16.4. The van der Waals surface area contributed by atoms with E-state index in [0.717, 1.165) is 25.7 Å². The summed E-state index contributed by atoms with van der Waals surface area (Å²) in [5, 5.41) is 16.9. The van der Waals surface area contributed by atoms with Crippen LogP contribution in [0.5, 0.6) is 0 Å². The molecule has 0 unspecified atom stereocenters. The summed E-state index contributed by atoms with van der Waals surface area (Å²) in [6.07, 6.45) is 41.8. The number of allylic oxidation sites excluding steroid dienone is 1. The first-order chi connectivity index (χ1) is 19.5. The predicted octanol–water partition coefficient (Wildman–Crippen LogP) is 12.4. The minimum Gasteiger partial charge on any atom is -0.481 e. The monoisotopic (exact) mass is 567 g/mol. The molecule has 40 heavy (non-hydrogen) atoms. The molecule has 2 N–H and O–H groups in total. The van der Waals surface area contributed by atoms with E-state index in [1.807, 2.05) is 0 Å². The fraction of sp³-hybridized carbons (Fsp3) is 0.889. The zero-order chi connectivity index (χ0) is 29.8. The molecule has 0 aliphatic heterocycles. The Morgan fingerprint density at radius 3 is 0.975 bits per heavy atom. The number of carbonyl (C=O) groups is 2. The number of hydrogen-bond acceptors (Lipinski definition) is 2. The van der Waals surface area contributed by atoms with Gasteiger partial charge in [-0.05, 0) is 19.3 Å². The Morgan fingerprint density at radius 2 is 0.700 bits per heavy atom. The molecule has 0 saturated heterocycles. The van der Waals surface area contributed by atoms with Gasteiger partial charge in [-0.2, -0.15) is 0 Å². The molecule has 238 valence electrons. The molecule has 0 aromatic carbocycles. The Balaban J connectivity index is 0. The Kier molecular flexibility index (Phi) is 38.5. The molecular formula is C36H70O4. The lowest BCUT2D eigenvalue weighted by molar-refractivity contribution is -0.137. The van der Waals surface area contributed by atoms with Crippen LogP contribution in [0.25, 0.3) is 0 Å². The first-order valence-electron chi connectivity index (χ1n) is 17.7. The molecule has 0 aliphatic carbocycles. The standard InChI is InChI=1S/C18H36O2.C18H34O2/c2*1-2-3-4-5-6-7-8-9-10-11-12-13-14-15-16-17-18(19)20/h2-17H2,1H3,(H,19,20);16-17H,2-15H2,1H3,(H,19,20). The van der Waals surface area contributed by atoms with Gasteiger partial charge in [-0.15, -0.1) is 0 Å². The maximum atomic E-state index is 10.3. The molecule has 0 aromatic heterocycles. The van der Waals surface area contributed by atoms with Gasteiger partial charge in [-0.1, -0.05) is 187 Å². The van der Waals surface area contributed by atoms with Crippen molar-refractivity contribution in [3.05, 3.63) is 12.2 Å². The topological polar surface area (TPSA) is 74.6 Å². The Labute approximate surface area is 250 Å². The summed E-state index contributed by atoms with van der Waals surface area (Å²) in [7, 11) is 0. The van der Waals surface area contributed by atoms with Gasteiger partial charge in [0.1, 0.15) is 0 Å². The first-order valence-corrected chi connectivity index (χ1v) is 17.7. The van der Waals surface area contributed by atoms with E-state index in [4.69, 9.17) is 10.2 Å². The zero-order valence-corrected chi connectivity index (χ0v) is 27.1. The van der Waals surface area contributed by atoms with Crippen molar-refractivity contribution in [2.75, 3.05) is 0 Å². The summed E-state index contributed by atoms with van der Waals surface area (Å²) in [5.41, 5.74) is 0. The van der Waals surface area contributed by atoms with Gasteiger partial charge >= 0.3 is 11.9 Å². The SMILES string of the molecule is CCCCCCCCCCCCCCCC=CC(=O)O.CCCCCCCCCCCCCCCCCC(=O)O. The number of carboxylic acid groups (broad SMARTS) is 2. The van der Waals surface area contributed by atoms with Gasteiger partial charge in [-0.3, -0.25) is 4.79 Å². The molecule has 4 heteroatoms. The highest BCUT2D eigenvalue weighted by Crippen LogP contribution is 2.14. The van der Waals surface area contributed by atoms with E-state index in [2.05, 4.69) is 13.8 Å². The summed E-state index contributed by atoms with van der Waals surface area (Å²) in [4.78, 5) is 20.6. The number of unbranched alkanes of at least 4 members (excludes halogenated alkanes) is 27. The summed E-state index contributed by atoms with van der Waals surface area (Å²) < 4.78 is 0. The minimum absolute atomic E-state index is 0.345. The van der Waals surface area contributed by atoms with Crippen molar-refractivity contribution in [3.8, 4) is 0 Å². The van der Waals surface area contributed by atoms with E-state index in [9.17, 15) is 9.59 Å². The molecule has 0 atom stereocenters. The van der Waals surface area contributed by atoms with Crippen LogP contribution in [0.2, 0.25) is 0 Å². The van der Waals surface area contributed by atoms with Crippen LogP contribution in [-0.2, 0) is 9.59 Å². The summed E-state index contributed by atoms with van der Waals surface area (Å²) >= 11 is 0. The Morgan fingerprint density at radius 1 is 0.425 bits per heavy atom. The Bertz CT molecular complexity index is 529. The highest BCUT2D eigenvalue weighted by Gasteiger charge is 1.97. The molecular weight excluding hydrogens is 496 g/mol. The van der Waals surface area contributed by atoms with Crippen molar-refractivity contribution in [2.24, 2.45) is 0 Å². The average molecular weight is 567 g/mol. The fourth-order valence-corrected chi connectivity index (χ4v) is 5.11. The molecule has 0 aromatic rings.